The number of thiazole rings is 1. The molecule has 0 spiro atoms. The van der Waals surface area contributed by atoms with Crippen LogP contribution in [0.4, 0.5) is 10.8 Å². The number of aromatic nitrogens is 3. The van der Waals surface area contributed by atoms with Crippen LogP contribution in [0.2, 0.25) is 5.02 Å². The minimum Gasteiger partial charge on any atom is -0.495 e. The Labute approximate surface area is 170 Å². The minimum atomic E-state index is -0.391. The van der Waals surface area contributed by atoms with Crippen LogP contribution < -0.4 is 20.5 Å². The fourth-order valence-electron chi connectivity index (χ4n) is 2.70. The molecule has 0 saturated carbocycles. The number of anilines is 2. The molecule has 0 bridgehead atoms. The van der Waals surface area contributed by atoms with Crippen LogP contribution in [-0.4, -0.2) is 40.6 Å². The Balaban J connectivity index is 1.84. The van der Waals surface area contributed by atoms with Crippen molar-refractivity contribution in [1.82, 2.24) is 14.5 Å². The molecular weight excluding hydrogens is 402 g/mol. The summed E-state index contributed by atoms with van der Waals surface area (Å²) in [5.74, 6) is 0.0855. The molecular formula is C18H20ClN5O3S. The number of halogens is 1. The number of hydrogen-bond acceptors (Lipinski definition) is 7. The predicted molar refractivity (Wildman–Crippen MR) is 112 cm³/mol. The number of benzene rings is 1. The quantitative estimate of drug-likeness (QED) is 0.630. The second-order valence-corrected chi connectivity index (χ2v) is 7.31. The van der Waals surface area contributed by atoms with Crippen molar-refractivity contribution < 1.29 is 9.53 Å². The average Bonchev–Trinajstić information content (AvgIpc) is 3.10. The standard InChI is InChI=1S/C18H20ClN5O3S/c1-4-23(5-2)18-22-16-15(28-18)17(26)24(10-20-16)9-14(25)21-12-8-11(19)6-7-13(12)27-3/h6-8,10H,4-5,9H2,1-3H3,(H,21,25). The molecule has 148 valence electrons. The van der Waals surface area contributed by atoms with E-state index in [0.717, 1.165) is 18.2 Å². The third-order valence-electron chi connectivity index (χ3n) is 4.16. The molecule has 1 amide bonds. The summed E-state index contributed by atoms with van der Waals surface area (Å²) in [7, 11) is 1.50. The van der Waals surface area contributed by atoms with Crippen molar-refractivity contribution in [2.24, 2.45) is 0 Å². The number of carbonyl (C=O) groups excluding carboxylic acids is 1. The van der Waals surface area contributed by atoms with Crippen molar-refractivity contribution in [1.29, 1.82) is 0 Å². The molecule has 0 unspecified atom stereocenters. The lowest BCUT2D eigenvalue weighted by Gasteiger charge is -2.15. The van der Waals surface area contributed by atoms with Crippen LogP contribution in [-0.2, 0) is 11.3 Å². The molecule has 0 fully saturated rings. The molecule has 1 N–H and O–H groups in total. The second-order valence-electron chi connectivity index (χ2n) is 5.89. The van der Waals surface area contributed by atoms with Gasteiger partial charge in [0.15, 0.2) is 10.8 Å². The molecule has 0 aliphatic carbocycles. The zero-order valence-electron chi connectivity index (χ0n) is 15.7. The largest absolute Gasteiger partial charge is 0.495 e. The predicted octanol–water partition coefficient (Wildman–Crippen LogP) is 3.00. The highest BCUT2D eigenvalue weighted by Gasteiger charge is 2.16. The van der Waals surface area contributed by atoms with Gasteiger partial charge in [-0.3, -0.25) is 14.2 Å². The van der Waals surface area contributed by atoms with Gasteiger partial charge in [-0.25, -0.2) is 4.98 Å². The summed E-state index contributed by atoms with van der Waals surface area (Å²) < 4.78 is 6.90. The molecule has 0 radical (unpaired) electrons. The lowest BCUT2D eigenvalue weighted by Crippen LogP contribution is -2.27. The van der Waals surface area contributed by atoms with E-state index in [2.05, 4.69) is 15.3 Å². The number of nitrogens with one attached hydrogen (secondary N) is 1. The summed E-state index contributed by atoms with van der Waals surface area (Å²) >= 11 is 7.26. The van der Waals surface area contributed by atoms with Gasteiger partial charge in [0.25, 0.3) is 5.56 Å². The van der Waals surface area contributed by atoms with Crippen molar-refractivity contribution in [2.45, 2.75) is 20.4 Å². The summed E-state index contributed by atoms with van der Waals surface area (Å²) in [6.07, 6.45) is 1.34. The van der Waals surface area contributed by atoms with Crippen molar-refractivity contribution in [3.05, 3.63) is 39.9 Å². The SMILES string of the molecule is CCN(CC)c1nc2ncn(CC(=O)Nc3cc(Cl)ccc3OC)c(=O)c2s1. The van der Waals surface area contributed by atoms with E-state index in [9.17, 15) is 9.59 Å². The van der Waals surface area contributed by atoms with Crippen LogP contribution in [0.15, 0.2) is 29.3 Å². The Bertz CT molecular complexity index is 1060. The Morgan fingerprint density at radius 2 is 2.11 bits per heavy atom. The van der Waals surface area contributed by atoms with Crippen LogP contribution in [0.3, 0.4) is 0 Å². The highest BCUT2D eigenvalue weighted by atomic mass is 35.5. The van der Waals surface area contributed by atoms with E-state index in [1.165, 1.54) is 29.3 Å². The van der Waals surface area contributed by atoms with Gasteiger partial charge in [-0.05, 0) is 32.0 Å². The van der Waals surface area contributed by atoms with Crippen LogP contribution in [0.5, 0.6) is 5.75 Å². The lowest BCUT2D eigenvalue weighted by atomic mass is 10.3. The molecule has 10 heteroatoms. The Morgan fingerprint density at radius 1 is 1.36 bits per heavy atom. The van der Waals surface area contributed by atoms with Crippen molar-refractivity contribution in [3.63, 3.8) is 0 Å². The van der Waals surface area contributed by atoms with Crippen molar-refractivity contribution >= 4 is 50.0 Å². The summed E-state index contributed by atoms with van der Waals surface area (Å²) in [6, 6.07) is 4.90. The lowest BCUT2D eigenvalue weighted by molar-refractivity contribution is -0.116. The summed E-state index contributed by atoms with van der Waals surface area (Å²) in [6.45, 7) is 5.43. The second kappa shape index (κ2) is 8.57. The maximum atomic E-state index is 12.8. The van der Waals surface area contributed by atoms with E-state index >= 15 is 0 Å². The van der Waals surface area contributed by atoms with Gasteiger partial charge < -0.3 is 15.0 Å². The molecule has 0 saturated heterocycles. The highest BCUT2D eigenvalue weighted by Crippen LogP contribution is 2.28. The average molecular weight is 422 g/mol. The topological polar surface area (TPSA) is 89.3 Å². The molecule has 1 aromatic carbocycles. The Hall–Kier alpha value is -2.65. The molecule has 0 atom stereocenters. The molecule has 3 rings (SSSR count). The number of methoxy groups -OCH3 is 1. The van der Waals surface area contributed by atoms with Crippen molar-refractivity contribution in [3.8, 4) is 5.75 Å². The van der Waals surface area contributed by atoms with E-state index in [0.29, 0.717) is 26.8 Å². The number of ether oxygens (including phenoxy) is 1. The van der Waals surface area contributed by atoms with E-state index in [4.69, 9.17) is 16.3 Å². The summed E-state index contributed by atoms with van der Waals surface area (Å²) in [4.78, 5) is 35.9. The Morgan fingerprint density at radius 3 is 2.79 bits per heavy atom. The van der Waals surface area contributed by atoms with E-state index in [1.54, 1.807) is 18.2 Å². The van der Waals surface area contributed by atoms with Gasteiger partial charge in [-0.1, -0.05) is 22.9 Å². The zero-order valence-corrected chi connectivity index (χ0v) is 17.3. The number of amides is 1. The Kier molecular flexibility index (Phi) is 6.15. The molecule has 2 heterocycles. The normalized spacial score (nSPS) is 10.9. The van der Waals surface area contributed by atoms with Gasteiger partial charge in [0.05, 0.1) is 12.8 Å². The molecule has 28 heavy (non-hydrogen) atoms. The van der Waals surface area contributed by atoms with Gasteiger partial charge in [0.2, 0.25) is 5.91 Å². The number of fused-ring (bicyclic) bond motifs is 1. The molecule has 0 aliphatic rings. The molecule has 3 aromatic rings. The van der Waals surface area contributed by atoms with Gasteiger partial charge >= 0.3 is 0 Å². The van der Waals surface area contributed by atoms with E-state index < -0.39 is 5.91 Å². The third kappa shape index (κ3) is 4.10. The van der Waals surface area contributed by atoms with Crippen LogP contribution >= 0.6 is 22.9 Å². The highest BCUT2D eigenvalue weighted by molar-refractivity contribution is 7.22. The molecule has 2 aromatic heterocycles. The molecule has 8 nitrogen and oxygen atoms in total. The smallest absolute Gasteiger partial charge is 0.273 e. The number of carbonyl (C=O) groups is 1. The van der Waals surface area contributed by atoms with Gasteiger partial charge in [0, 0.05) is 18.1 Å². The maximum Gasteiger partial charge on any atom is 0.273 e. The summed E-state index contributed by atoms with van der Waals surface area (Å²) in [5, 5.41) is 3.92. The van der Waals surface area contributed by atoms with E-state index in [1.807, 2.05) is 18.7 Å². The minimum absolute atomic E-state index is 0.185. The zero-order chi connectivity index (χ0) is 20.3. The van der Waals surface area contributed by atoms with Crippen LogP contribution in [0, 0.1) is 0 Å². The van der Waals surface area contributed by atoms with Crippen LogP contribution in [0.1, 0.15) is 13.8 Å². The van der Waals surface area contributed by atoms with Crippen LogP contribution in [0.25, 0.3) is 10.3 Å². The third-order valence-corrected chi connectivity index (χ3v) is 5.48. The monoisotopic (exact) mass is 421 g/mol. The fourth-order valence-corrected chi connectivity index (χ4v) is 3.97. The first-order valence-electron chi connectivity index (χ1n) is 8.71. The van der Waals surface area contributed by atoms with Gasteiger partial charge in [0.1, 0.15) is 23.3 Å². The molecule has 0 aliphatic heterocycles. The van der Waals surface area contributed by atoms with Gasteiger partial charge in [-0.2, -0.15) is 4.98 Å². The number of hydrogen-bond donors (Lipinski definition) is 1. The first-order valence-corrected chi connectivity index (χ1v) is 9.90. The first-order chi connectivity index (χ1) is 13.5. The summed E-state index contributed by atoms with van der Waals surface area (Å²) in [5.41, 5.74) is 0.530. The fraction of sp³-hybridized carbons (Fsp3) is 0.333. The first kappa shape index (κ1) is 20.1. The number of rotatable bonds is 7. The van der Waals surface area contributed by atoms with Gasteiger partial charge in [-0.15, -0.1) is 0 Å². The van der Waals surface area contributed by atoms with Crippen molar-refractivity contribution in [2.75, 3.05) is 30.4 Å². The number of nitrogens with zero attached hydrogens (tertiary/aromatic N) is 4. The maximum absolute atomic E-state index is 12.8. The van der Waals surface area contributed by atoms with E-state index in [-0.39, 0.29) is 12.1 Å².